The highest BCUT2D eigenvalue weighted by Gasteiger charge is 2.54. The molecule has 6 aliphatic rings. The van der Waals surface area contributed by atoms with Crippen LogP contribution in [0.4, 0.5) is 34.1 Å². The highest BCUT2D eigenvalue weighted by Crippen LogP contribution is 2.65. The fraction of sp³-hybridized carbons (Fsp3) is 0.179. The van der Waals surface area contributed by atoms with Crippen LogP contribution in [0, 0.1) is 0 Å². The molecule has 2 aliphatic carbocycles. The Morgan fingerprint density at radius 2 is 0.713 bits per heavy atom. The van der Waals surface area contributed by atoms with Crippen LogP contribution in [0.2, 0.25) is 0 Å². The fourth-order valence-corrected chi connectivity index (χ4v) is 18.4. The second-order valence-corrected chi connectivity index (χ2v) is 33.1. The summed E-state index contributed by atoms with van der Waals surface area (Å²) in [6, 6.07) is 102. The summed E-state index contributed by atoms with van der Waals surface area (Å²) in [6.07, 6.45) is 0. The van der Waals surface area contributed by atoms with Crippen molar-refractivity contribution in [2.75, 3.05) is 9.80 Å². The Balaban J connectivity index is 0.979. The number of benzene rings is 13. The minimum absolute atomic E-state index is 0.152. The first-order chi connectivity index (χ1) is 48.7. The van der Waals surface area contributed by atoms with Gasteiger partial charge in [0.1, 0.15) is 23.0 Å². The number of nitrogens with zero attached hydrogens (tertiary/aromatic N) is 2. The first-order valence-corrected chi connectivity index (χ1v) is 36.2. The Kier molecular flexibility index (Phi) is 13.1. The molecule has 488 valence electrons. The van der Waals surface area contributed by atoms with Crippen molar-refractivity contribution in [3.8, 4) is 78.6 Å². The normalized spacial score (nSPS) is 14.5. The van der Waals surface area contributed by atoms with Gasteiger partial charge < -0.3 is 19.3 Å². The first-order valence-electron chi connectivity index (χ1n) is 36.2. The fourth-order valence-electron chi connectivity index (χ4n) is 18.4. The minimum atomic E-state index is -0.606. The van der Waals surface area contributed by atoms with Crippen LogP contribution in [0.15, 0.2) is 267 Å². The van der Waals surface area contributed by atoms with Crippen LogP contribution in [0.3, 0.4) is 0 Å². The molecule has 0 bridgehead atoms. The monoisotopic (exact) mass is 1300 g/mol. The van der Waals surface area contributed by atoms with Crippen LogP contribution in [-0.4, -0.2) is 13.4 Å². The van der Waals surface area contributed by atoms with Crippen molar-refractivity contribution < 1.29 is 9.47 Å². The molecule has 0 saturated heterocycles. The standard InChI is InChI=1S/C95H80B2N2O2/c1-91(2,3)60-48-49-73-83(53-60)101-84-51-59(62-37-27-38-66-65-36-21-24-41-69(65)95(88(62)66)67-39-22-19-34-63(67)64-35-20-23-40-68(64)95)50-80-89(84)97(73)75-55-74-79(56-78(75)98(80)76-45-28-42-70(93(7,8)9)86(76)57-30-15-13-16-31-57)99(77-46-29-43-71(94(10,11)12)87(77)58-32-17-14-18-33-58)81-52-61(92(4,5)6)54-85-90(81)96(74)72-44-25-26-47-82(72)100-85/h13-56H,1-12H3. The van der Waals surface area contributed by atoms with Crippen LogP contribution in [0.1, 0.15) is 128 Å². The molecule has 0 unspecified atom stereocenters. The summed E-state index contributed by atoms with van der Waals surface area (Å²) in [7, 11) is 0. The number of hydrogen-bond donors (Lipinski definition) is 0. The van der Waals surface area contributed by atoms with E-state index in [2.05, 4.69) is 360 Å². The van der Waals surface area contributed by atoms with E-state index in [4.69, 9.17) is 9.47 Å². The molecule has 0 N–H and O–H groups in total. The topological polar surface area (TPSA) is 24.9 Å². The zero-order valence-electron chi connectivity index (χ0n) is 59.8. The van der Waals surface area contributed by atoms with E-state index in [9.17, 15) is 0 Å². The predicted octanol–water partition coefficient (Wildman–Crippen LogP) is 21.0. The minimum Gasteiger partial charge on any atom is -0.458 e. The van der Waals surface area contributed by atoms with Crippen molar-refractivity contribution in [1.29, 1.82) is 0 Å². The van der Waals surface area contributed by atoms with Crippen LogP contribution in [-0.2, 0) is 27.1 Å². The molecule has 0 fully saturated rings. The van der Waals surface area contributed by atoms with Gasteiger partial charge in [-0.3, -0.25) is 0 Å². The van der Waals surface area contributed by atoms with E-state index in [1.165, 1.54) is 111 Å². The third kappa shape index (κ3) is 8.89. The summed E-state index contributed by atoms with van der Waals surface area (Å²) in [5.41, 5.74) is 34.7. The van der Waals surface area contributed by atoms with Crippen molar-refractivity contribution >= 4 is 80.3 Å². The highest BCUT2D eigenvalue weighted by molar-refractivity contribution is 7.02. The van der Waals surface area contributed by atoms with E-state index >= 15 is 0 Å². The van der Waals surface area contributed by atoms with Gasteiger partial charge in [0.05, 0.1) is 16.8 Å². The lowest BCUT2D eigenvalue weighted by Gasteiger charge is -2.45. The quantitative estimate of drug-likeness (QED) is 0.160. The van der Waals surface area contributed by atoms with Gasteiger partial charge in [-0.25, -0.2) is 0 Å². The SMILES string of the molecule is CC(C)(C)c1ccc2c(c1)Oc1cc(-c3cccc4c3C3(c5ccccc5-c5ccccc53)c3ccccc3-4)cc3c1B2c1cc2c(cc1N3c1cccc(C(C)(C)C)c1-c1ccccc1)N(c1cccc(C(C)(C)C)c1-c1ccccc1)c1cc(C(C)(C)C)cc3c1B2c1ccccc1O3. The Labute approximate surface area is 596 Å². The number of ether oxygens (including phenoxy) is 2. The van der Waals surface area contributed by atoms with Crippen molar-refractivity contribution in [3.63, 3.8) is 0 Å². The van der Waals surface area contributed by atoms with Crippen molar-refractivity contribution in [2.24, 2.45) is 0 Å². The van der Waals surface area contributed by atoms with Gasteiger partial charge in [-0.15, -0.1) is 0 Å². The number of anilines is 6. The summed E-state index contributed by atoms with van der Waals surface area (Å²) in [6.45, 7) is 27.7. The molecule has 101 heavy (non-hydrogen) atoms. The van der Waals surface area contributed by atoms with Gasteiger partial charge in [-0.1, -0.05) is 295 Å². The van der Waals surface area contributed by atoms with Gasteiger partial charge in [0, 0.05) is 33.9 Å². The molecule has 6 heteroatoms. The maximum atomic E-state index is 7.85. The molecular weight excluding hydrogens is 1220 g/mol. The van der Waals surface area contributed by atoms with Gasteiger partial charge in [0.2, 0.25) is 0 Å². The number of para-hydroxylation sites is 1. The molecule has 1 spiro atoms. The molecule has 0 amide bonds. The molecule has 0 atom stereocenters. The van der Waals surface area contributed by atoms with E-state index in [0.29, 0.717) is 0 Å². The molecule has 4 nitrogen and oxygen atoms in total. The second kappa shape index (κ2) is 21.6. The summed E-state index contributed by atoms with van der Waals surface area (Å²) in [4.78, 5) is 5.34. The number of rotatable bonds is 5. The third-order valence-corrected chi connectivity index (χ3v) is 22.9. The molecule has 0 saturated carbocycles. The molecule has 19 rings (SSSR count). The van der Waals surface area contributed by atoms with E-state index in [1.807, 2.05) is 0 Å². The van der Waals surface area contributed by atoms with E-state index in [-0.39, 0.29) is 35.1 Å². The predicted molar refractivity (Wildman–Crippen MR) is 426 cm³/mol. The number of fused-ring (bicyclic) bond motifs is 18. The molecule has 13 aromatic rings. The lowest BCUT2D eigenvalue weighted by molar-refractivity contribution is 0.483. The van der Waals surface area contributed by atoms with Crippen molar-refractivity contribution in [1.82, 2.24) is 0 Å². The maximum Gasteiger partial charge on any atom is 0.256 e. The number of hydrogen-bond acceptors (Lipinski definition) is 4. The Morgan fingerprint density at radius 1 is 0.277 bits per heavy atom. The van der Waals surface area contributed by atoms with Crippen LogP contribution >= 0.6 is 0 Å². The first kappa shape index (κ1) is 61.3. The smallest absolute Gasteiger partial charge is 0.256 e. The summed E-state index contributed by atoms with van der Waals surface area (Å²) in [5.74, 6) is 3.55. The Bertz CT molecular complexity index is 5620. The average Bonchev–Trinajstić information content (AvgIpc) is 1.59. The second-order valence-electron chi connectivity index (χ2n) is 33.1. The largest absolute Gasteiger partial charge is 0.458 e. The van der Waals surface area contributed by atoms with Gasteiger partial charge >= 0.3 is 0 Å². The zero-order valence-corrected chi connectivity index (χ0v) is 59.8. The van der Waals surface area contributed by atoms with Gasteiger partial charge in [0.15, 0.2) is 0 Å². The van der Waals surface area contributed by atoms with Gasteiger partial charge in [-0.2, -0.15) is 0 Å². The molecule has 13 aromatic carbocycles. The van der Waals surface area contributed by atoms with Crippen LogP contribution in [0.5, 0.6) is 23.0 Å². The Hall–Kier alpha value is -10.8. The Morgan fingerprint density at radius 3 is 1.26 bits per heavy atom. The summed E-state index contributed by atoms with van der Waals surface area (Å²) in [5, 5.41) is 0. The summed E-state index contributed by atoms with van der Waals surface area (Å²) >= 11 is 0. The molecule has 4 heterocycles. The highest BCUT2D eigenvalue weighted by atomic mass is 16.5. The van der Waals surface area contributed by atoms with E-state index in [1.54, 1.807) is 0 Å². The van der Waals surface area contributed by atoms with Crippen molar-refractivity contribution in [2.45, 2.75) is 110 Å². The zero-order chi connectivity index (χ0) is 69.0. The lowest BCUT2D eigenvalue weighted by Crippen LogP contribution is -2.64. The summed E-state index contributed by atoms with van der Waals surface area (Å²) < 4.78 is 15.2. The van der Waals surface area contributed by atoms with Gasteiger partial charge in [-0.05, 0) is 198 Å². The van der Waals surface area contributed by atoms with Crippen LogP contribution < -0.4 is 52.1 Å². The molecule has 0 radical (unpaired) electrons. The third-order valence-electron chi connectivity index (χ3n) is 22.9. The molecule has 0 aromatic heterocycles. The van der Waals surface area contributed by atoms with E-state index in [0.717, 1.165) is 79.1 Å². The van der Waals surface area contributed by atoms with Gasteiger partial charge in [0.25, 0.3) is 13.4 Å². The maximum absolute atomic E-state index is 7.85. The van der Waals surface area contributed by atoms with Crippen LogP contribution in [0.25, 0.3) is 55.6 Å². The molecule has 4 aliphatic heterocycles. The van der Waals surface area contributed by atoms with E-state index < -0.39 is 5.41 Å². The van der Waals surface area contributed by atoms with Crippen molar-refractivity contribution in [3.05, 3.63) is 311 Å². The molecular formula is C95H80B2N2O2. The average molecular weight is 1300 g/mol. The lowest BCUT2D eigenvalue weighted by atomic mass is 9.30.